The summed E-state index contributed by atoms with van der Waals surface area (Å²) in [5.74, 6) is 0.463. The van der Waals surface area contributed by atoms with Crippen LogP contribution in [-0.4, -0.2) is 48.9 Å². The average Bonchev–Trinajstić information content (AvgIpc) is 2.79. The molecule has 3 aromatic rings. The molecule has 2 heterocycles. The number of rotatable bonds is 6. The fraction of sp³-hybridized carbons (Fsp3) is 0.400. The summed E-state index contributed by atoms with van der Waals surface area (Å²) >= 11 is 0. The zero-order valence-corrected chi connectivity index (χ0v) is 20.1. The summed E-state index contributed by atoms with van der Waals surface area (Å²) in [5, 5.41) is 10.9. The van der Waals surface area contributed by atoms with E-state index in [0.29, 0.717) is 55.5 Å². The first-order valence-corrected chi connectivity index (χ1v) is 12.7. The molecule has 0 bridgehead atoms. The summed E-state index contributed by atoms with van der Waals surface area (Å²) < 4.78 is 33.0. The molecule has 0 atom stereocenters. The number of benzene rings is 2. The Balaban J connectivity index is 1.49. The van der Waals surface area contributed by atoms with E-state index in [9.17, 15) is 18.3 Å². The van der Waals surface area contributed by atoms with E-state index in [1.807, 2.05) is 25.1 Å². The first-order chi connectivity index (χ1) is 15.7. The highest BCUT2D eigenvalue weighted by molar-refractivity contribution is 7.89. The Morgan fingerprint density at radius 3 is 2.27 bits per heavy atom. The van der Waals surface area contributed by atoms with Gasteiger partial charge in [-0.05, 0) is 47.2 Å². The molecule has 33 heavy (non-hydrogen) atoms. The van der Waals surface area contributed by atoms with E-state index >= 15 is 0 Å². The van der Waals surface area contributed by atoms with Gasteiger partial charge in [-0.25, -0.2) is 13.2 Å². The highest BCUT2D eigenvalue weighted by Crippen LogP contribution is 2.28. The maximum atomic E-state index is 13.1. The molecule has 176 valence electrons. The Morgan fingerprint density at radius 1 is 1.00 bits per heavy atom. The number of aryl methyl sites for hydroxylation is 1. The van der Waals surface area contributed by atoms with Crippen LogP contribution in [0.3, 0.4) is 0 Å². The van der Waals surface area contributed by atoms with E-state index in [0.717, 1.165) is 22.1 Å². The van der Waals surface area contributed by atoms with Crippen LogP contribution in [0.5, 0.6) is 5.75 Å². The van der Waals surface area contributed by atoms with Crippen molar-refractivity contribution >= 4 is 21.0 Å². The zero-order chi connectivity index (χ0) is 23.8. The van der Waals surface area contributed by atoms with E-state index in [4.69, 9.17) is 4.42 Å². The van der Waals surface area contributed by atoms with Gasteiger partial charge in [0.25, 0.3) is 0 Å². The molecule has 7 nitrogen and oxygen atoms in total. The van der Waals surface area contributed by atoms with Gasteiger partial charge in [-0.15, -0.1) is 0 Å². The van der Waals surface area contributed by atoms with Crippen LogP contribution < -0.4 is 5.63 Å². The van der Waals surface area contributed by atoms with Gasteiger partial charge in [0.05, 0.1) is 4.90 Å². The highest BCUT2D eigenvalue weighted by atomic mass is 32.2. The third-order valence-electron chi connectivity index (χ3n) is 6.32. The molecule has 1 aliphatic rings. The Morgan fingerprint density at radius 2 is 1.67 bits per heavy atom. The minimum absolute atomic E-state index is 0.116. The van der Waals surface area contributed by atoms with Gasteiger partial charge in [0.15, 0.2) is 0 Å². The molecule has 2 aromatic carbocycles. The lowest BCUT2D eigenvalue weighted by Crippen LogP contribution is -2.48. The van der Waals surface area contributed by atoms with E-state index < -0.39 is 15.6 Å². The zero-order valence-electron chi connectivity index (χ0n) is 19.2. The van der Waals surface area contributed by atoms with Crippen LogP contribution in [0.15, 0.2) is 56.6 Å². The fourth-order valence-corrected chi connectivity index (χ4v) is 5.69. The van der Waals surface area contributed by atoms with Gasteiger partial charge in [-0.2, -0.15) is 4.31 Å². The Labute approximate surface area is 194 Å². The summed E-state index contributed by atoms with van der Waals surface area (Å²) in [6, 6.07) is 12.0. The van der Waals surface area contributed by atoms with Gasteiger partial charge < -0.3 is 9.52 Å². The van der Waals surface area contributed by atoms with Gasteiger partial charge >= 0.3 is 5.63 Å². The molecule has 0 saturated carbocycles. The predicted molar refractivity (Wildman–Crippen MR) is 128 cm³/mol. The van der Waals surface area contributed by atoms with E-state index in [1.165, 1.54) is 16.4 Å². The number of aromatic hydroxyl groups is 1. The molecular formula is C25H30N2O5S. The second kappa shape index (κ2) is 9.29. The predicted octanol–water partition coefficient (Wildman–Crippen LogP) is 3.69. The topological polar surface area (TPSA) is 91.1 Å². The van der Waals surface area contributed by atoms with Crippen molar-refractivity contribution in [3.05, 3.63) is 69.6 Å². The molecule has 0 amide bonds. The summed E-state index contributed by atoms with van der Waals surface area (Å²) in [4.78, 5) is 14.5. The molecule has 1 aromatic heterocycles. The lowest BCUT2D eigenvalue weighted by atomic mass is 10.0. The summed E-state index contributed by atoms with van der Waals surface area (Å²) in [6.07, 6.45) is 0.662. The number of phenols is 1. The number of hydrogen-bond acceptors (Lipinski definition) is 6. The number of nitrogens with zero attached hydrogens (tertiary/aromatic N) is 2. The van der Waals surface area contributed by atoms with Crippen LogP contribution in [0.25, 0.3) is 11.0 Å². The molecule has 1 saturated heterocycles. The van der Waals surface area contributed by atoms with Gasteiger partial charge in [0.2, 0.25) is 10.0 Å². The van der Waals surface area contributed by atoms with Gasteiger partial charge in [0, 0.05) is 50.2 Å². The van der Waals surface area contributed by atoms with Crippen molar-refractivity contribution in [2.75, 3.05) is 26.2 Å². The van der Waals surface area contributed by atoms with Crippen LogP contribution in [0.4, 0.5) is 0 Å². The molecule has 1 fully saturated rings. The van der Waals surface area contributed by atoms with E-state index in [-0.39, 0.29) is 5.75 Å². The first kappa shape index (κ1) is 23.5. The average molecular weight is 471 g/mol. The molecule has 0 radical (unpaired) electrons. The second-order valence-corrected chi connectivity index (χ2v) is 10.8. The fourth-order valence-electron chi connectivity index (χ4n) is 4.26. The number of piperazine rings is 1. The number of fused-ring (bicyclic) bond motifs is 1. The summed E-state index contributed by atoms with van der Waals surface area (Å²) in [6.45, 7) is 8.50. The van der Waals surface area contributed by atoms with Gasteiger partial charge in [-0.3, -0.25) is 4.90 Å². The number of hydrogen-bond donors (Lipinski definition) is 1. The minimum atomic E-state index is -3.54. The Bertz CT molecular complexity index is 1310. The van der Waals surface area contributed by atoms with E-state index in [1.54, 1.807) is 12.1 Å². The van der Waals surface area contributed by atoms with Crippen LogP contribution in [-0.2, 0) is 23.0 Å². The van der Waals surface area contributed by atoms with Crippen molar-refractivity contribution in [3.63, 3.8) is 0 Å². The van der Waals surface area contributed by atoms with Crippen LogP contribution >= 0.6 is 0 Å². The molecule has 4 rings (SSSR count). The van der Waals surface area contributed by atoms with Crippen molar-refractivity contribution in [1.29, 1.82) is 0 Å². The van der Waals surface area contributed by atoms with Crippen LogP contribution in [0, 0.1) is 0 Å². The molecule has 0 spiro atoms. The SMILES string of the molecule is CCc1cc2c(CN3CCN(S(=O)(=O)c4ccc(C(C)C)cc4)CC3)cc(=O)oc2cc1O. The smallest absolute Gasteiger partial charge is 0.336 e. The quantitative estimate of drug-likeness (QED) is 0.553. The summed E-state index contributed by atoms with van der Waals surface area (Å²) in [5.41, 5.74) is 2.61. The monoisotopic (exact) mass is 470 g/mol. The Kier molecular flexibility index (Phi) is 6.61. The molecular weight excluding hydrogens is 440 g/mol. The van der Waals surface area contributed by atoms with Crippen molar-refractivity contribution in [2.45, 2.75) is 44.6 Å². The van der Waals surface area contributed by atoms with Crippen molar-refractivity contribution < 1.29 is 17.9 Å². The number of phenolic OH excluding ortho intramolecular Hbond substituents is 1. The second-order valence-electron chi connectivity index (χ2n) is 8.83. The highest BCUT2D eigenvalue weighted by Gasteiger charge is 2.29. The molecule has 1 N–H and O–H groups in total. The minimum Gasteiger partial charge on any atom is -0.508 e. The maximum Gasteiger partial charge on any atom is 0.336 e. The van der Waals surface area contributed by atoms with Crippen molar-refractivity contribution in [2.24, 2.45) is 0 Å². The third kappa shape index (κ3) is 4.83. The van der Waals surface area contributed by atoms with Gasteiger partial charge in [0.1, 0.15) is 11.3 Å². The van der Waals surface area contributed by atoms with Crippen molar-refractivity contribution in [3.8, 4) is 5.75 Å². The van der Waals surface area contributed by atoms with E-state index in [2.05, 4.69) is 18.7 Å². The molecule has 1 aliphatic heterocycles. The first-order valence-electron chi connectivity index (χ1n) is 11.3. The lowest BCUT2D eigenvalue weighted by molar-refractivity contribution is 0.182. The standard InChI is InChI=1S/C25H30N2O5S/c1-4-18-13-22-20(14-25(29)32-24(22)15-23(18)28)16-26-9-11-27(12-10-26)33(30,31)21-7-5-19(6-8-21)17(2)3/h5-8,13-15,17,28H,4,9-12,16H2,1-3H3. The Hall–Kier alpha value is -2.68. The third-order valence-corrected chi connectivity index (χ3v) is 8.23. The summed E-state index contributed by atoms with van der Waals surface area (Å²) in [7, 11) is -3.54. The normalized spacial score (nSPS) is 16.0. The number of sulfonamides is 1. The van der Waals surface area contributed by atoms with Crippen LogP contribution in [0.2, 0.25) is 0 Å². The largest absolute Gasteiger partial charge is 0.508 e. The molecule has 0 unspecified atom stereocenters. The molecule has 0 aliphatic carbocycles. The van der Waals surface area contributed by atoms with Crippen molar-refractivity contribution in [1.82, 2.24) is 9.21 Å². The maximum absolute atomic E-state index is 13.1. The van der Waals surface area contributed by atoms with Crippen LogP contribution in [0.1, 0.15) is 43.4 Å². The lowest BCUT2D eigenvalue weighted by Gasteiger charge is -2.34. The van der Waals surface area contributed by atoms with Gasteiger partial charge in [-0.1, -0.05) is 32.9 Å². The molecule has 8 heteroatoms.